The van der Waals surface area contributed by atoms with E-state index in [1.165, 1.54) is 12.1 Å². The Bertz CT molecular complexity index is 896. The highest BCUT2D eigenvalue weighted by Crippen LogP contribution is 2.44. The van der Waals surface area contributed by atoms with Gasteiger partial charge in [-0.2, -0.15) is 0 Å². The molecule has 0 saturated heterocycles. The Morgan fingerprint density at radius 2 is 2.04 bits per heavy atom. The van der Waals surface area contributed by atoms with E-state index < -0.39 is 5.41 Å². The number of carbonyl (C=O) groups is 1. The highest BCUT2D eigenvalue weighted by molar-refractivity contribution is 5.89. The van der Waals surface area contributed by atoms with Crippen molar-refractivity contribution in [3.05, 3.63) is 65.7 Å². The van der Waals surface area contributed by atoms with E-state index in [1.54, 1.807) is 6.07 Å². The fourth-order valence-electron chi connectivity index (χ4n) is 3.54. The molecule has 2 aromatic carbocycles. The van der Waals surface area contributed by atoms with Crippen molar-refractivity contribution in [3.8, 4) is 0 Å². The van der Waals surface area contributed by atoms with E-state index in [0.717, 1.165) is 41.7 Å². The maximum absolute atomic E-state index is 13.6. The van der Waals surface area contributed by atoms with Gasteiger partial charge in [-0.25, -0.2) is 9.37 Å². The van der Waals surface area contributed by atoms with Crippen molar-refractivity contribution in [2.24, 2.45) is 0 Å². The molecule has 128 valence electrons. The van der Waals surface area contributed by atoms with Crippen molar-refractivity contribution in [1.29, 1.82) is 0 Å². The van der Waals surface area contributed by atoms with Crippen LogP contribution in [0.5, 0.6) is 0 Å². The lowest BCUT2D eigenvalue weighted by atomic mass is 9.63. The summed E-state index contributed by atoms with van der Waals surface area (Å²) in [5.74, 6) is 0.363. The molecule has 4 nitrogen and oxygen atoms in total. The maximum Gasteiger partial charge on any atom is 0.231 e. The van der Waals surface area contributed by atoms with E-state index in [-0.39, 0.29) is 17.8 Å². The van der Waals surface area contributed by atoms with Crippen molar-refractivity contribution in [1.82, 2.24) is 15.3 Å². The van der Waals surface area contributed by atoms with E-state index >= 15 is 0 Å². The summed E-state index contributed by atoms with van der Waals surface area (Å²) in [6, 6.07) is 13.9. The number of para-hydroxylation sites is 2. The van der Waals surface area contributed by atoms with Gasteiger partial charge < -0.3 is 10.3 Å². The number of aromatic amines is 1. The summed E-state index contributed by atoms with van der Waals surface area (Å²) >= 11 is 0. The Hall–Kier alpha value is -2.69. The Kier molecular flexibility index (Phi) is 3.79. The first-order valence-electron chi connectivity index (χ1n) is 8.60. The molecule has 1 unspecified atom stereocenters. The number of H-pyrrole nitrogens is 1. The van der Waals surface area contributed by atoms with Crippen LogP contribution in [-0.2, 0) is 10.2 Å². The van der Waals surface area contributed by atoms with Gasteiger partial charge in [0.15, 0.2) is 0 Å². The largest absolute Gasteiger partial charge is 0.346 e. The third-order valence-corrected chi connectivity index (χ3v) is 5.18. The second-order valence-corrected chi connectivity index (χ2v) is 6.78. The monoisotopic (exact) mass is 337 g/mol. The zero-order valence-corrected chi connectivity index (χ0v) is 14.1. The third-order valence-electron chi connectivity index (χ3n) is 5.18. The number of hydrogen-bond acceptors (Lipinski definition) is 2. The van der Waals surface area contributed by atoms with E-state index in [9.17, 15) is 9.18 Å². The molecular weight excluding hydrogens is 317 g/mol. The quantitative estimate of drug-likeness (QED) is 0.756. The molecule has 1 amide bonds. The van der Waals surface area contributed by atoms with Crippen molar-refractivity contribution < 1.29 is 9.18 Å². The number of rotatable bonds is 4. The number of nitrogens with zero attached hydrogens (tertiary/aromatic N) is 1. The molecule has 1 aromatic heterocycles. The zero-order chi connectivity index (χ0) is 17.4. The normalized spacial score (nSPS) is 17.0. The van der Waals surface area contributed by atoms with Gasteiger partial charge in [0.05, 0.1) is 22.5 Å². The van der Waals surface area contributed by atoms with Gasteiger partial charge >= 0.3 is 0 Å². The SMILES string of the molecule is CC(NC(=O)C1(c2cccc(F)c2)CCC1)c1nc2ccccc2[nH]1. The molecule has 0 spiro atoms. The van der Waals surface area contributed by atoms with Crippen molar-refractivity contribution in [3.63, 3.8) is 0 Å². The summed E-state index contributed by atoms with van der Waals surface area (Å²) in [5.41, 5.74) is 1.96. The molecule has 1 aliphatic rings. The molecule has 1 saturated carbocycles. The highest BCUT2D eigenvalue weighted by Gasteiger charge is 2.46. The molecule has 25 heavy (non-hydrogen) atoms. The fraction of sp³-hybridized carbons (Fsp3) is 0.300. The lowest BCUT2D eigenvalue weighted by Crippen LogP contribution is -2.49. The summed E-state index contributed by atoms with van der Waals surface area (Å²) in [5, 5.41) is 3.06. The van der Waals surface area contributed by atoms with Crippen molar-refractivity contribution >= 4 is 16.9 Å². The van der Waals surface area contributed by atoms with E-state index in [0.29, 0.717) is 0 Å². The van der Waals surface area contributed by atoms with Crippen LogP contribution in [0.15, 0.2) is 48.5 Å². The van der Waals surface area contributed by atoms with Gasteiger partial charge in [-0.1, -0.05) is 30.7 Å². The minimum Gasteiger partial charge on any atom is -0.346 e. The molecular formula is C20H20FN3O. The van der Waals surface area contributed by atoms with Gasteiger partial charge in [-0.05, 0) is 49.6 Å². The second-order valence-electron chi connectivity index (χ2n) is 6.78. The van der Waals surface area contributed by atoms with E-state index in [2.05, 4.69) is 15.3 Å². The molecule has 1 aliphatic carbocycles. The van der Waals surface area contributed by atoms with Gasteiger partial charge in [0.2, 0.25) is 5.91 Å². The number of hydrogen-bond donors (Lipinski definition) is 2. The number of amides is 1. The first-order chi connectivity index (χ1) is 12.1. The maximum atomic E-state index is 13.6. The Balaban J connectivity index is 1.57. The Morgan fingerprint density at radius 3 is 2.72 bits per heavy atom. The van der Waals surface area contributed by atoms with Crippen LogP contribution in [0.1, 0.15) is 43.6 Å². The first-order valence-corrected chi connectivity index (χ1v) is 8.60. The molecule has 0 aliphatic heterocycles. The van der Waals surface area contributed by atoms with Crippen LogP contribution < -0.4 is 5.32 Å². The number of fused-ring (bicyclic) bond motifs is 1. The highest BCUT2D eigenvalue weighted by atomic mass is 19.1. The fourth-order valence-corrected chi connectivity index (χ4v) is 3.54. The minimum atomic E-state index is -0.623. The van der Waals surface area contributed by atoms with Crippen LogP contribution in [0, 0.1) is 5.82 Å². The summed E-state index contributed by atoms with van der Waals surface area (Å²) in [7, 11) is 0. The first kappa shape index (κ1) is 15.8. The Morgan fingerprint density at radius 1 is 1.24 bits per heavy atom. The van der Waals surface area contributed by atoms with Crippen LogP contribution in [0.3, 0.4) is 0 Å². The van der Waals surface area contributed by atoms with Crippen LogP contribution in [-0.4, -0.2) is 15.9 Å². The van der Waals surface area contributed by atoms with Gasteiger partial charge in [0, 0.05) is 0 Å². The van der Waals surface area contributed by atoms with E-state index in [4.69, 9.17) is 0 Å². The smallest absolute Gasteiger partial charge is 0.231 e. The summed E-state index contributed by atoms with van der Waals surface area (Å²) in [6.07, 6.45) is 2.47. The number of nitrogens with one attached hydrogen (secondary N) is 2. The van der Waals surface area contributed by atoms with Crippen LogP contribution in [0.4, 0.5) is 4.39 Å². The minimum absolute atomic E-state index is 0.0580. The van der Waals surface area contributed by atoms with Gasteiger partial charge in [-0.3, -0.25) is 4.79 Å². The lowest BCUT2D eigenvalue weighted by Gasteiger charge is -2.41. The van der Waals surface area contributed by atoms with Crippen LogP contribution >= 0.6 is 0 Å². The van der Waals surface area contributed by atoms with Crippen molar-refractivity contribution in [2.75, 3.05) is 0 Å². The number of carbonyl (C=O) groups excluding carboxylic acids is 1. The van der Waals surface area contributed by atoms with Gasteiger partial charge in [0.1, 0.15) is 11.6 Å². The van der Waals surface area contributed by atoms with Crippen LogP contribution in [0.25, 0.3) is 11.0 Å². The molecule has 1 atom stereocenters. The molecule has 3 aromatic rings. The number of halogens is 1. The predicted molar refractivity (Wildman–Crippen MR) is 94.6 cm³/mol. The average molecular weight is 337 g/mol. The van der Waals surface area contributed by atoms with Crippen molar-refractivity contribution in [2.45, 2.75) is 37.6 Å². The molecule has 4 rings (SSSR count). The summed E-state index contributed by atoms with van der Waals surface area (Å²) in [6.45, 7) is 1.91. The molecule has 2 N–H and O–H groups in total. The topological polar surface area (TPSA) is 57.8 Å². The van der Waals surface area contributed by atoms with Crippen LogP contribution in [0.2, 0.25) is 0 Å². The molecule has 1 heterocycles. The third kappa shape index (κ3) is 2.69. The van der Waals surface area contributed by atoms with Gasteiger partial charge in [-0.15, -0.1) is 0 Å². The molecule has 5 heteroatoms. The Labute approximate surface area is 145 Å². The number of benzene rings is 2. The summed E-state index contributed by atoms with van der Waals surface area (Å²) < 4.78 is 13.6. The number of aromatic nitrogens is 2. The average Bonchev–Trinajstić information content (AvgIpc) is 2.98. The molecule has 1 fully saturated rings. The number of imidazole rings is 1. The van der Waals surface area contributed by atoms with E-state index in [1.807, 2.05) is 37.3 Å². The molecule has 0 bridgehead atoms. The predicted octanol–water partition coefficient (Wildman–Crippen LogP) is 4.00. The second kappa shape index (κ2) is 5.99. The summed E-state index contributed by atoms with van der Waals surface area (Å²) in [4.78, 5) is 20.8. The van der Waals surface area contributed by atoms with Gasteiger partial charge in [0.25, 0.3) is 0 Å². The zero-order valence-electron chi connectivity index (χ0n) is 14.1. The molecule has 0 radical (unpaired) electrons. The standard InChI is InChI=1S/C20H20FN3O/c1-13(18-23-16-8-2-3-9-17(16)24-18)22-19(25)20(10-5-11-20)14-6-4-7-15(21)12-14/h2-4,6-9,12-13H,5,10-11H2,1H3,(H,22,25)(H,23,24). The lowest BCUT2D eigenvalue weighted by molar-refractivity contribution is -0.130.